The van der Waals surface area contributed by atoms with Crippen LogP contribution < -0.4 is 10.1 Å². The molecule has 0 saturated carbocycles. The summed E-state index contributed by atoms with van der Waals surface area (Å²) in [7, 11) is 1.92. The fraction of sp³-hybridized carbons (Fsp3) is 0.200. The van der Waals surface area contributed by atoms with Gasteiger partial charge in [-0.05, 0) is 49.9 Å². The highest BCUT2D eigenvalue weighted by atomic mass is 79.9. The van der Waals surface area contributed by atoms with E-state index in [9.17, 15) is 0 Å². The third-order valence-electron chi connectivity index (χ3n) is 2.75. The van der Waals surface area contributed by atoms with Crippen molar-refractivity contribution < 1.29 is 4.74 Å². The van der Waals surface area contributed by atoms with Crippen molar-refractivity contribution in [2.75, 3.05) is 7.05 Å². The van der Waals surface area contributed by atoms with Crippen LogP contribution in [0.1, 0.15) is 11.1 Å². The molecule has 0 radical (unpaired) electrons. The first kappa shape index (κ1) is 14.4. The van der Waals surface area contributed by atoms with Crippen LogP contribution in [0.25, 0.3) is 0 Å². The predicted octanol–water partition coefficient (Wildman–Crippen LogP) is 4.92. The average molecular weight is 341 g/mol. The van der Waals surface area contributed by atoms with E-state index >= 15 is 0 Å². The number of rotatable bonds is 4. The number of benzene rings is 2. The molecule has 0 spiro atoms. The van der Waals surface area contributed by atoms with Gasteiger partial charge in [-0.3, -0.25) is 0 Å². The van der Waals surface area contributed by atoms with Crippen molar-refractivity contribution >= 4 is 27.5 Å². The Balaban J connectivity index is 2.33. The first-order valence-electron chi connectivity index (χ1n) is 5.97. The highest BCUT2D eigenvalue weighted by Crippen LogP contribution is 2.31. The molecule has 0 aliphatic carbocycles. The van der Waals surface area contributed by atoms with Crippen LogP contribution in [0.2, 0.25) is 5.02 Å². The van der Waals surface area contributed by atoms with E-state index in [0.717, 1.165) is 38.7 Å². The molecule has 0 atom stereocenters. The molecule has 0 bridgehead atoms. The van der Waals surface area contributed by atoms with E-state index in [1.165, 1.54) is 0 Å². The van der Waals surface area contributed by atoms with E-state index < -0.39 is 0 Å². The molecule has 4 heteroatoms. The van der Waals surface area contributed by atoms with Gasteiger partial charge in [0.2, 0.25) is 0 Å². The minimum Gasteiger partial charge on any atom is -0.457 e. The zero-order valence-corrected chi connectivity index (χ0v) is 13.2. The van der Waals surface area contributed by atoms with Gasteiger partial charge in [0, 0.05) is 21.6 Å². The lowest BCUT2D eigenvalue weighted by Gasteiger charge is -2.13. The molecule has 19 heavy (non-hydrogen) atoms. The molecule has 0 aliphatic heterocycles. The summed E-state index contributed by atoms with van der Waals surface area (Å²) in [5.41, 5.74) is 2.13. The number of nitrogens with one attached hydrogen (secondary N) is 1. The normalized spacial score (nSPS) is 10.5. The molecule has 1 N–H and O–H groups in total. The Hall–Kier alpha value is -1.03. The Morgan fingerprint density at radius 3 is 2.63 bits per heavy atom. The van der Waals surface area contributed by atoms with Crippen molar-refractivity contribution in [1.82, 2.24) is 5.32 Å². The van der Waals surface area contributed by atoms with Crippen LogP contribution in [-0.4, -0.2) is 7.05 Å². The Labute approximate surface area is 126 Å². The van der Waals surface area contributed by atoms with Gasteiger partial charge in [-0.15, -0.1) is 0 Å². The van der Waals surface area contributed by atoms with Crippen LogP contribution in [0.4, 0.5) is 0 Å². The quantitative estimate of drug-likeness (QED) is 0.852. The van der Waals surface area contributed by atoms with Crippen LogP contribution in [-0.2, 0) is 6.54 Å². The van der Waals surface area contributed by atoms with Gasteiger partial charge in [-0.2, -0.15) is 0 Å². The molecule has 0 unspecified atom stereocenters. The zero-order valence-electron chi connectivity index (χ0n) is 10.8. The summed E-state index contributed by atoms with van der Waals surface area (Å²) in [6.45, 7) is 2.74. The topological polar surface area (TPSA) is 21.3 Å². The molecule has 2 aromatic carbocycles. The smallest absolute Gasteiger partial charge is 0.133 e. The number of ether oxygens (including phenoxy) is 1. The molecule has 0 aromatic heterocycles. The lowest BCUT2D eigenvalue weighted by Crippen LogP contribution is -2.06. The molecule has 0 aliphatic rings. The predicted molar refractivity (Wildman–Crippen MR) is 83.2 cm³/mol. The molecule has 0 saturated heterocycles. The standard InChI is InChI=1S/C15H15BrClNO/c1-10-7-13(17)5-6-14(10)19-15-8-12(16)4-3-11(15)9-18-2/h3-8,18H,9H2,1-2H3. The lowest BCUT2D eigenvalue weighted by atomic mass is 10.2. The number of hydrogen-bond acceptors (Lipinski definition) is 2. The highest BCUT2D eigenvalue weighted by molar-refractivity contribution is 9.10. The molecule has 0 amide bonds. The second kappa shape index (κ2) is 6.42. The van der Waals surface area contributed by atoms with Crippen molar-refractivity contribution in [2.45, 2.75) is 13.5 Å². The van der Waals surface area contributed by atoms with Crippen LogP contribution in [0.3, 0.4) is 0 Å². The number of halogens is 2. The van der Waals surface area contributed by atoms with Crippen molar-refractivity contribution in [3.8, 4) is 11.5 Å². The van der Waals surface area contributed by atoms with E-state index in [1.54, 1.807) is 0 Å². The van der Waals surface area contributed by atoms with Gasteiger partial charge in [-0.1, -0.05) is 33.6 Å². The first-order valence-corrected chi connectivity index (χ1v) is 7.14. The zero-order chi connectivity index (χ0) is 13.8. The molecule has 2 rings (SSSR count). The van der Waals surface area contributed by atoms with E-state index in [-0.39, 0.29) is 0 Å². The van der Waals surface area contributed by atoms with Gasteiger partial charge in [-0.25, -0.2) is 0 Å². The Morgan fingerprint density at radius 2 is 1.95 bits per heavy atom. The van der Waals surface area contributed by atoms with Crippen LogP contribution >= 0.6 is 27.5 Å². The van der Waals surface area contributed by atoms with Crippen molar-refractivity contribution in [2.24, 2.45) is 0 Å². The maximum Gasteiger partial charge on any atom is 0.133 e. The van der Waals surface area contributed by atoms with Gasteiger partial charge in [0.05, 0.1) is 0 Å². The van der Waals surface area contributed by atoms with Crippen molar-refractivity contribution in [3.63, 3.8) is 0 Å². The summed E-state index contributed by atoms with van der Waals surface area (Å²) in [5, 5.41) is 3.85. The van der Waals surface area contributed by atoms with E-state index in [0.29, 0.717) is 0 Å². The minimum absolute atomic E-state index is 0.717. The van der Waals surface area contributed by atoms with Crippen molar-refractivity contribution in [3.05, 3.63) is 57.0 Å². The van der Waals surface area contributed by atoms with E-state index in [2.05, 4.69) is 21.2 Å². The highest BCUT2D eigenvalue weighted by Gasteiger charge is 2.07. The minimum atomic E-state index is 0.717. The largest absolute Gasteiger partial charge is 0.457 e. The SMILES string of the molecule is CNCc1ccc(Br)cc1Oc1ccc(Cl)cc1C. The number of aryl methyl sites for hydroxylation is 1. The molecular formula is C15H15BrClNO. The van der Waals surface area contributed by atoms with Crippen LogP contribution in [0.5, 0.6) is 11.5 Å². The second-order valence-electron chi connectivity index (χ2n) is 4.29. The molecule has 100 valence electrons. The van der Waals surface area contributed by atoms with Crippen LogP contribution in [0.15, 0.2) is 40.9 Å². The fourth-order valence-corrected chi connectivity index (χ4v) is 2.37. The van der Waals surface area contributed by atoms with E-state index in [4.69, 9.17) is 16.3 Å². The summed E-state index contributed by atoms with van der Waals surface area (Å²) in [6, 6.07) is 11.6. The summed E-state index contributed by atoms with van der Waals surface area (Å²) < 4.78 is 6.99. The van der Waals surface area contributed by atoms with E-state index in [1.807, 2.05) is 50.4 Å². The van der Waals surface area contributed by atoms with Gasteiger partial charge in [0.15, 0.2) is 0 Å². The Bertz CT molecular complexity index is 586. The molecule has 0 fully saturated rings. The average Bonchev–Trinajstić information content (AvgIpc) is 2.36. The maximum atomic E-state index is 6.00. The molecular weight excluding hydrogens is 326 g/mol. The molecule has 2 aromatic rings. The third-order valence-corrected chi connectivity index (χ3v) is 3.48. The fourth-order valence-electron chi connectivity index (χ4n) is 1.81. The summed E-state index contributed by atoms with van der Waals surface area (Å²) in [4.78, 5) is 0. The molecule has 2 nitrogen and oxygen atoms in total. The Morgan fingerprint density at radius 1 is 1.16 bits per heavy atom. The van der Waals surface area contributed by atoms with Gasteiger partial charge in [0.25, 0.3) is 0 Å². The second-order valence-corrected chi connectivity index (χ2v) is 5.65. The lowest BCUT2D eigenvalue weighted by molar-refractivity contribution is 0.470. The van der Waals surface area contributed by atoms with Crippen molar-refractivity contribution in [1.29, 1.82) is 0 Å². The van der Waals surface area contributed by atoms with Gasteiger partial charge < -0.3 is 10.1 Å². The summed E-state index contributed by atoms with van der Waals surface area (Å²) in [6.07, 6.45) is 0. The third kappa shape index (κ3) is 3.72. The summed E-state index contributed by atoms with van der Waals surface area (Å²) >= 11 is 9.42. The first-order chi connectivity index (χ1) is 9.10. The van der Waals surface area contributed by atoms with Gasteiger partial charge >= 0.3 is 0 Å². The monoisotopic (exact) mass is 339 g/mol. The maximum absolute atomic E-state index is 6.00. The number of hydrogen-bond donors (Lipinski definition) is 1. The summed E-state index contributed by atoms with van der Waals surface area (Å²) in [5.74, 6) is 1.66. The molecule has 0 heterocycles. The Kier molecular flexibility index (Phi) is 4.86. The van der Waals surface area contributed by atoms with Crippen LogP contribution in [0, 0.1) is 6.92 Å². The van der Waals surface area contributed by atoms with Gasteiger partial charge in [0.1, 0.15) is 11.5 Å².